The molecule has 0 aliphatic carbocycles. The number of imidazole rings is 1. The second kappa shape index (κ2) is 10.8. The summed E-state index contributed by atoms with van der Waals surface area (Å²) in [6.07, 6.45) is 3.25. The standard InChI is InChI=1S/C27H34N2O5/c1-6-8-13-24-19(3)29(27(7-2,33-4)34-5)26(32)28(24)18-20-14-16-21(17-15-20)22-11-9-10-12-23(22)25(30)31/h9-12,14-17H,6-8,13,18H2,1-5H3,(H,30,31). The van der Waals surface area contributed by atoms with Gasteiger partial charge in [0.25, 0.3) is 5.91 Å². The molecule has 0 unspecified atom stereocenters. The predicted molar refractivity (Wildman–Crippen MR) is 132 cm³/mol. The zero-order valence-corrected chi connectivity index (χ0v) is 20.6. The molecular weight excluding hydrogens is 432 g/mol. The molecule has 7 nitrogen and oxygen atoms in total. The number of rotatable bonds is 11. The van der Waals surface area contributed by atoms with Crippen molar-refractivity contribution in [2.75, 3.05) is 14.2 Å². The summed E-state index contributed by atoms with van der Waals surface area (Å²) in [6.45, 7) is 6.40. The Morgan fingerprint density at radius 2 is 1.68 bits per heavy atom. The van der Waals surface area contributed by atoms with E-state index in [1.54, 1.807) is 41.6 Å². The Morgan fingerprint density at radius 1 is 1.03 bits per heavy atom. The number of benzene rings is 2. The number of hydrogen-bond acceptors (Lipinski definition) is 4. The van der Waals surface area contributed by atoms with Crippen LogP contribution in [0.1, 0.15) is 60.4 Å². The van der Waals surface area contributed by atoms with Gasteiger partial charge in [0.1, 0.15) is 0 Å². The van der Waals surface area contributed by atoms with Crippen LogP contribution in [0.25, 0.3) is 11.1 Å². The van der Waals surface area contributed by atoms with Crippen LogP contribution in [-0.4, -0.2) is 34.4 Å². The van der Waals surface area contributed by atoms with Crippen LogP contribution in [0, 0.1) is 6.92 Å². The first-order chi connectivity index (χ1) is 16.3. The number of methoxy groups -OCH3 is 2. The number of carboxylic acid groups (broad SMARTS) is 1. The number of aromatic nitrogens is 2. The molecule has 3 aromatic rings. The van der Waals surface area contributed by atoms with Gasteiger partial charge < -0.3 is 14.6 Å². The lowest BCUT2D eigenvalue weighted by atomic mass is 9.99. The van der Waals surface area contributed by atoms with Crippen molar-refractivity contribution >= 4 is 5.97 Å². The first kappa shape index (κ1) is 25.5. The van der Waals surface area contributed by atoms with E-state index in [0.29, 0.717) is 18.5 Å². The molecule has 3 rings (SSSR count). The Bertz CT molecular complexity index is 1180. The molecule has 0 atom stereocenters. The predicted octanol–water partition coefficient (Wildman–Crippen LogP) is 5.03. The minimum atomic E-state index is -1.15. The summed E-state index contributed by atoms with van der Waals surface area (Å²) >= 11 is 0. The summed E-state index contributed by atoms with van der Waals surface area (Å²) in [5.41, 5.74) is 4.33. The maximum absolute atomic E-state index is 13.6. The number of ether oxygens (including phenoxy) is 2. The van der Waals surface area contributed by atoms with Crippen LogP contribution >= 0.6 is 0 Å². The molecule has 34 heavy (non-hydrogen) atoms. The van der Waals surface area contributed by atoms with Crippen LogP contribution in [0.15, 0.2) is 53.3 Å². The molecule has 0 bridgehead atoms. The van der Waals surface area contributed by atoms with E-state index in [4.69, 9.17) is 9.47 Å². The minimum absolute atomic E-state index is 0.172. The number of unbranched alkanes of at least 4 members (excludes halogenated alkanes) is 1. The molecular formula is C27H34N2O5. The fourth-order valence-electron chi connectivity index (χ4n) is 4.53. The van der Waals surface area contributed by atoms with E-state index in [9.17, 15) is 14.7 Å². The molecule has 0 amide bonds. The summed E-state index contributed by atoms with van der Waals surface area (Å²) in [5, 5.41) is 9.50. The molecule has 1 heterocycles. The van der Waals surface area contributed by atoms with Crippen molar-refractivity contribution in [1.82, 2.24) is 9.13 Å². The molecule has 7 heteroatoms. The SMILES string of the molecule is CCCCc1c(C)n(C(CC)(OC)OC)c(=O)n1Cc1ccc(-c2ccccc2C(=O)O)cc1. The highest BCUT2D eigenvalue weighted by atomic mass is 16.7. The lowest BCUT2D eigenvalue weighted by Gasteiger charge is -2.31. The Labute approximate surface area is 200 Å². The van der Waals surface area contributed by atoms with E-state index in [1.165, 1.54) is 0 Å². The Kier molecular flexibility index (Phi) is 8.12. The van der Waals surface area contributed by atoms with Gasteiger partial charge in [-0.15, -0.1) is 0 Å². The molecule has 0 spiro atoms. The maximum atomic E-state index is 13.6. The monoisotopic (exact) mass is 466 g/mol. The van der Waals surface area contributed by atoms with Gasteiger partial charge in [0.05, 0.1) is 12.1 Å². The molecule has 0 saturated carbocycles. The van der Waals surface area contributed by atoms with Crippen LogP contribution in [0.3, 0.4) is 0 Å². The van der Waals surface area contributed by atoms with Gasteiger partial charge in [-0.25, -0.2) is 14.2 Å². The van der Waals surface area contributed by atoms with Gasteiger partial charge in [0.15, 0.2) is 0 Å². The van der Waals surface area contributed by atoms with E-state index in [1.807, 2.05) is 44.2 Å². The van der Waals surface area contributed by atoms with Crippen LogP contribution in [-0.2, 0) is 28.4 Å². The number of carboxylic acids is 1. The van der Waals surface area contributed by atoms with E-state index in [-0.39, 0.29) is 11.3 Å². The summed E-state index contributed by atoms with van der Waals surface area (Å²) in [5.74, 6) is -2.11. The number of nitrogens with zero attached hydrogens (tertiary/aromatic N) is 2. The molecule has 0 aliphatic rings. The molecule has 0 aliphatic heterocycles. The van der Waals surface area contributed by atoms with Gasteiger partial charge in [-0.1, -0.05) is 62.7 Å². The van der Waals surface area contributed by atoms with Crippen LogP contribution in [0.5, 0.6) is 0 Å². The molecule has 1 N–H and O–H groups in total. The van der Waals surface area contributed by atoms with Gasteiger partial charge in [-0.2, -0.15) is 0 Å². The smallest absolute Gasteiger partial charge is 0.336 e. The Balaban J connectivity index is 2.03. The van der Waals surface area contributed by atoms with Crippen LogP contribution in [0.2, 0.25) is 0 Å². The van der Waals surface area contributed by atoms with Gasteiger partial charge in [-0.05, 0) is 42.5 Å². The van der Waals surface area contributed by atoms with E-state index in [0.717, 1.165) is 41.8 Å². The van der Waals surface area contributed by atoms with Crippen molar-refractivity contribution in [3.8, 4) is 11.1 Å². The van der Waals surface area contributed by atoms with Crippen molar-refractivity contribution in [3.63, 3.8) is 0 Å². The first-order valence-electron chi connectivity index (χ1n) is 11.7. The molecule has 0 saturated heterocycles. The summed E-state index contributed by atoms with van der Waals surface area (Å²) in [4.78, 5) is 25.2. The lowest BCUT2D eigenvalue weighted by Crippen LogP contribution is -2.44. The maximum Gasteiger partial charge on any atom is 0.336 e. The minimum Gasteiger partial charge on any atom is -0.478 e. The Hall–Kier alpha value is -3.16. The van der Waals surface area contributed by atoms with Crippen molar-refractivity contribution < 1.29 is 19.4 Å². The summed E-state index contributed by atoms with van der Waals surface area (Å²) in [7, 11) is 3.10. The van der Waals surface area contributed by atoms with Gasteiger partial charge in [-0.3, -0.25) is 4.57 Å². The van der Waals surface area contributed by atoms with Crippen molar-refractivity contribution in [2.24, 2.45) is 0 Å². The van der Waals surface area contributed by atoms with E-state index in [2.05, 4.69) is 6.92 Å². The third-order valence-electron chi connectivity index (χ3n) is 6.46. The largest absolute Gasteiger partial charge is 0.478 e. The average Bonchev–Trinajstić information content (AvgIpc) is 3.09. The van der Waals surface area contributed by atoms with Crippen molar-refractivity contribution in [2.45, 2.75) is 58.9 Å². The number of hydrogen-bond donors (Lipinski definition) is 1. The molecule has 1 aromatic heterocycles. The summed E-state index contributed by atoms with van der Waals surface area (Å²) < 4.78 is 14.8. The first-order valence-corrected chi connectivity index (χ1v) is 11.7. The average molecular weight is 467 g/mol. The zero-order valence-electron chi connectivity index (χ0n) is 20.6. The summed E-state index contributed by atoms with van der Waals surface area (Å²) in [6, 6.07) is 14.6. The number of aromatic carboxylic acids is 1. The topological polar surface area (TPSA) is 82.7 Å². The van der Waals surface area contributed by atoms with Crippen molar-refractivity contribution in [3.05, 3.63) is 81.5 Å². The van der Waals surface area contributed by atoms with Crippen molar-refractivity contribution in [1.29, 1.82) is 0 Å². The zero-order chi connectivity index (χ0) is 24.9. The fourth-order valence-corrected chi connectivity index (χ4v) is 4.53. The van der Waals surface area contributed by atoms with Crippen LogP contribution < -0.4 is 5.69 Å². The van der Waals surface area contributed by atoms with E-state index < -0.39 is 11.9 Å². The Morgan fingerprint density at radius 3 is 2.24 bits per heavy atom. The normalized spacial score (nSPS) is 11.7. The lowest BCUT2D eigenvalue weighted by molar-refractivity contribution is -0.272. The highest BCUT2D eigenvalue weighted by molar-refractivity contribution is 5.95. The molecule has 2 aromatic carbocycles. The third-order valence-corrected chi connectivity index (χ3v) is 6.46. The van der Waals surface area contributed by atoms with E-state index >= 15 is 0 Å². The molecule has 0 radical (unpaired) electrons. The van der Waals surface area contributed by atoms with Crippen LogP contribution in [0.4, 0.5) is 0 Å². The second-order valence-electron chi connectivity index (χ2n) is 8.36. The highest BCUT2D eigenvalue weighted by Gasteiger charge is 2.35. The van der Waals surface area contributed by atoms with Gasteiger partial charge in [0.2, 0.25) is 0 Å². The molecule has 0 fully saturated rings. The highest BCUT2D eigenvalue weighted by Crippen LogP contribution is 2.27. The van der Waals surface area contributed by atoms with Gasteiger partial charge in [0, 0.05) is 32.0 Å². The third kappa shape index (κ3) is 4.72. The fraction of sp³-hybridized carbons (Fsp3) is 0.407. The molecule has 182 valence electrons. The quantitative estimate of drug-likeness (QED) is 0.401. The number of carbonyl (C=O) groups is 1. The van der Waals surface area contributed by atoms with Gasteiger partial charge >= 0.3 is 11.7 Å². The second-order valence-corrected chi connectivity index (χ2v) is 8.36.